The highest BCUT2D eigenvalue weighted by Crippen LogP contribution is 2.03. The maximum absolute atomic E-state index is 4.21. The van der Waals surface area contributed by atoms with E-state index >= 15 is 0 Å². The molecule has 3 heterocycles. The van der Waals surface area contributed by atoms with Gasteiger partial charge in [0, 0.05) is 45.1 Å². The summed E-state index contributed by atoms with van der Waals surface area (Å²) in [5.41, 5.74) is 2.20. The van der Waals surface area contributed by atoms with Gasteiger partial charge < -0.3 is 9.88 Å². The van der Waals surface area contributed by atoms with E-state index in [2.05, 4.69) is 38.5 Å². The largest absolute Gasteiger partial charge is 0.357 e. The van der Waals surface area contributed by atoms with Crippen LogP contribution in [0.1, 0.15) is 11.4 Å². The average Bonchev–Trinajstić information content (AvgIpc) is 3.02. The van der Waals surface area contributed by atoms with Crippen molar-refractivity contribution in [2.75, 3.05) is 6.54 Å². The Labute approximate surface area is 111 Å². The summed E-state index contributed by atoms with van der Waals surface area (Å²) < 4.78 is 4.09. The fourth-order valence-electron chi connectivity index (χ4n) is 2.16. The molecule has 0 aliphatic rings. The summed E-state index contributed by atoms with van der Waals surface area (Å²) in [6, 6.07) is 8.06. The van der Waals surface area contributed by atoms with Crippen LogP contribution in [0.25, 0.3) is 5.65 Å². The van der Waals surface area contributed by atoms with E-state index in [9.17, 15) is 0 Å². The summed E-state index contributed by atoms with van der Waals surface area (Å²) in [6.07, 6.45) is 7.06. The number of pyridine rings is 1. The third-order valence-corrected chi connectivity index (χ3v) is 3.13. The molecular weight excluding hydrogens is 238 g/mol. The van der Waals surface area contributed by atoms with Crippen molar-refractivity contribution < 1.29 is 0 Å². The molecule has 19 heavy (non-hydrogen) atoms. The van der Waals surface area contributed by atoms with Crippen molar-refractivity contribution in [2.45, 2.75) is 13.0 Å². The molecule has 5 nitrogen and oxygen atoms in total. The number of aryl methyl sites for hydroxylation is 1. The van der Waals surface area contributed by atoms with Crippen molar-refractivity contribution in [1.29, 1.82) is 0 Å². The van der Waals surface area contributed by atoms with Gasteiger partial charge in [0.2, 0.25) is 0 Å². The Bertz CT molecular complexity index is 667. The highest BCUT2D eigenvalue weighted by Gasteiger charge is 2.03. The molecule has 0 aliphatic heterocycles. The minimum Gasteiger partial charge on any atom is -0.357 e. The maximum atomic E-state index is 4.21. The summed E-state index contributed by atoms with van der Waals surface area (Å²) >= 11 is 0. The lowest BCUT2D eigenvalue weighted by atomic mass is 10.3. The molecule has 1 N–H and O–H groups in total. The number of nitrogens with zero attached hydrogens (tertiary/aromatic N) is 4. The molecule has 0 unspecified atom stereocenters. The zero-order chi connectivity index (χ0) is 13.1. The van der Waals surface area contributed by atoms with Crippen LogP contribution in [-0.2, 0) is 20.0 Å². The molecule has 0 saturated heterocycles. The van der Waals surface area contributed by atoms with Crippen LogP contribution in [-0.4, -0.2) is 25.7 Å². The number of hydrogen-bond acceptors (Lipinski definition) is 3. The normalized spacial score (nSPS) is 11.2. The molecule has 98 valence electrons. The van der Waals surface area contributed by atoms with Crippen LogP contribution in [0.4, 0.5) is 0 Å². The van der Waals surface area contributed by atoms with Gasteiger partial charge in [-0.1, -0.05) is 6.07 Å². The predicted molar refractivity (Wildman–Crippen MR) is 73.8 cm³/mol. The van der Waals surface area contributed by atoms with E-state index in [4.69, 9.17) is 0 Å². The van der Waals surface area contributed by atoms with Crippen LogP contribution in [0.2, 0.25) is 0 Å². The Morgan fingerprint density at radius 3 is 2.95 bits per heavy atom. The summed E-state index contributed by atoms with van der Waals surface area (Å²) in [5, 5.41) is 11.8. The first kappa shape index (κ1) is 11.9. The van der Waals surface area contributed by atoms with Gasteiger partial charge in [0.25, 0.3) is 0 Å². The van der Waals surface area contributed by atoms with E-state index in [0.29, 0.717) is 0 Å². The number of hydrogen-bond donors (Lipinski definition) is 1. The molecule has 3 aromatic rings. The van der Waals surface area contributed by atoms with Gasteiger partial charge in [0.15, 0.2) is 5.65 Å². The molecule has 0 fully saturated rings. The summed E-state index contributed by atoms with van der Waals surface area (Å²) in [4.78, 5) is 0. The average molecular weight is 255 g/mol. The number of fused-ring (bicyclic) bond motifs is 1. The molecule has 0 aromatic carbocycles. The molecule has 0 saturated carbocycles. The third kappa shape index (κ3) is 2.66. The molecule has 3 rings (SSSR count). The lowest BCUT2D eigenvalue weighted by Crippen LogP contribution is -2.17. The standard InChI is InChI=1S/C14H17N5/c1-18-9-6-12(11-18)10-15-7-5-14-17-16-13-4-2-3-8-19(13)14/h2-4,6,8-9,11,15H,5,7,10H2,1H3. The summed E-state index contributed by atoms with van der Waals surface area (Å²) in [7, 11) is 2.03. The second-order valence-corrected chi connectivity index (χ2v) is 4.66. The first-order chi connectivity index (χ1) is 9.33. The van der Waals surface area contributed by atoms with E-state index in [-0.39, 0.29) is 0 Å². The Hall–Kier alpha value is -2.14. The van der Waals surface area contributed by atoms with E-state index in [1.54, 1.807) is 0 Å². The van der Waals surface area contributed by atoms with Crippen molar-refractivity contribution in [3.8, 4) is 0 Å². The SMILES string of the molecule is Cn1ccc(CNCCc2nnc3ccccn23)c1. The number of nitrogens with one attached hydrogen (secondary N) is 1. The summed E-state index contributed by atoms with van der Waals surface area (Å²) in [6.45, 7) is 1.78. The number of rotatable bonds is 5. The first-order valence-corrected chi connectivity index (χ1v) is 6.43. The molecular formula is C14H17N5. The zero-order valence-corrected chi connectivity index (χ0v) is 11.0. The fraction of sp³-hybridized carbons (Fsp3) is 0.286. The third-order valence-electron chi connectivity index (χ3n) is 3.13. The van der Waals surface area contributed by atoms with Gasteiger partial charge in [-0.2, -0.15) is 0 Å². The first-order valence-electron chi connectivity index (χ1n) is 6.43. The van der Waals surface area contributed by atoms with Crippen LogP contribution < -0.4 is 5.32 Å². The Morgan fingerprint density at radius 1 is 1.16 bits per heavy atom. The molecule has 0 aliphatic carbocycles. The van der Waals surface area contributed by atoms with Crippen LogP contribution in [0, 0.1) is 0 Å². The Morgan fingerprint density at radius 2 is 2.11 bits per heavy atom. The van der Waals surface area contributed by atoms with Crippen LogP contribution in [0.3, 0.4) is 0 Å². The van der Waals surface area contributed by atoms with Gasteiger partial charge >= 0.3 is 0 Å². The summed E-state index contributed by atoms with van der Waals surface area (Å²) in [5.74, 6) is 0.996. The Balaban J connectivity index is 1.55. The molecule has 0 radical (unpaired) electrons. The van der Waals surface area contributed by atoms with Gasteiger partial charge in [0.05, 0.1) is 0 Å². The van der Waals surface area contributed by atoms with E-state index < -0.39 is 0 Å². The van der Waals surface area contributed by atoms with Gasteiger partial charge in [-0.05, 0) is 23.8 Å². The van der Waals surface area contributed by atoms with Crippen LogP contribution >= 0.6 is 0 Å². The van der Waals surface area contributed by atoms with Gasteiger partial charge in [0.1, 0.15) is 5.82 Å². The molecule has 3 aromatic heterocycles. The lowest BCUT2D eigenvalue weighted by Gasteiger charge is -2.02. The van der Waals surface area contributed by atoms with Gasteiger partial charge in [-0.15, -0.1) is 10.2 Å². The highest BCUT2D eigenvalue weighted by atomic mass is 15.2. The van der Waals surface area contributed by atoms with Crippen LogP contribution in [0.5, 0.6) is 0 Å². The topological polar surface area (TPSA) is 47.2 Å². The van der Waals surface area contributed by atoms with Crippen molar-refractivity contribution in [3.63, 3.8) is 0 Å². The molecule has 0 amide bonds. The highest BCUT2D eigenvalue weighted by molar-refractivity contribution is 5.36. The number of aromatic nitrogens is 4. The lowest BCUT2D eigenvalue weighted by molar-refractivity contribution is 0.666. The molecule has 5 heteroatoms. The Kier molecular flexibility index (Phi) is 3.29. The maximum Gasteiger partial charge on any atom is 0.160 e. The van der Waals surface area contributed by atoms with Gasteiger partial charge in [-0.25, -0.2) is 0 Å². The smallest absolute Gasteiger partial charge is 0.160 e. The fourth-order valence-corrected chi connectivity index (χ4v) is 2.16. The van der Waals surface area contributed by atoms with Crippen molar-refractivity contribution >= 4 is 5.65 Å². The second kappa shape index (κ2) is 5.24. The molecule has 0 atom stereocenters. The van der Waals surface area contributed by atoms with Crippen molar-refractivity contribution in [1.82, 2.24) is 24.5 Å². The predicted octanol–water partition coefficient (Wildman–Crippen LogP) is 1.40. The minimum absolute atomic E-state index is 0.873. The van der Waals surface area contributed by atoms with E-state index in [1.807, 2.05) is 35.8 Å². The van der Waals surface area contributed by atoms with Crippen molar-refractivity contribution in [2.24, 2.45) is 7.05 Å². The zero-order valence-electron chi connectivity index (χ0n) is 11.0. The quantitative estimate of drug-likeness (QED) is 0.701. The van der Waals surface area contributed by atoms with Gasteiger partial charge in [-0.3, -0.25) is 4.40 Å². The van der Waals surface area contributed by atoms with Crippen molar-refractivity contribution in [3.05, 3.63) is 54.2 Å². The van der Waals surface area contributed by atoms with Crippen LogP contribution in [0.15, 0.2) is 42.9 Å². The monoisotopic (exact) mass is 255 g/mol. The van der Waals surface area contributed by atoms with E-state index in [1.165, 1.54) is 5.56 Å². The van der Waals surface area contributed by atoms with E-state index in [0.717, 1.165) is 31.0 Å². The second-order valence-electron chi connectivity index (χ2n) is 4.66. The molecule has 0 spiro atoms. The minimum atomic E-state index is 0.873. The molecule has 0 bridgehead atoms.